The van der Waals surface area contributed by atoms with E-state index in [-0.39, 0.29) is 11.6 Å². The Morgan fingerprint density at radius 3 is 2.19 bits per heavy atom. The molecule has 0 aliphatic carbocycles. The second-order valence-electron chi connectivity index (χ2n) is 5.80. The zero-order valence-corrected chi connectivity index (χ0v) is 14.7. The van der Waals surface area contributed by atoms with Gasteiger partial charge < -0.3 is 9.47 Å². The normalized spacial score (nSPS) is 10.8. The fraction of sp³-hybridized carbons (Fsp3) is 0.130. The molecule has 3 rings (SSSR count). The molecule has 0 aliphatic rings. The zero-order valence-electron chi connectivity index (χ0n) is 14.7. The van der Waals surface area contributed by atoms with E-state index in [4.69, 9.17) is 9.47 Å². The highest BCUT2D eigenvalue weighted by molar-refractivity contribution is 5.70. The average Bonchev–Trinajstić information content (AvgIpc) is 2.68. The van der Waals surface area contributed by atoms with Gasteiger partial charge in [-0.25, -0.2) is 4.39 Å². The molecule has 132 valence electrons. The molecule has 0 unspecified atom stereocenters. The van der Waals surface area contributed by atoms with Crippen LogP contribution in [0, 0.1) is 5.82 Å². The van der Waals surface area contributed by atoms with Crippen LogP contribution in [0.1, 0.15) is 23.6 Å². The lowest BCUT2D eigenvalue weighted by molar-refractivity contribution is 0.290. The molecule has 26 heavy (non-hydrogen) atoms. The molecule has 3 aromatic rings. The molecule has 3 aromatic carbocycles. The first-order chi connectivity index (χ1) is 12.7. The Hall–Kier alpha value is -3.07. The van der Waals surface area contributed by atoms with E-state index in [0.29, 0.717) is 13.2 Å². The van der Waals surface area contributed by atoms with Crippen molar-refractivity contribution in [2.45, 2.75) is 13.5 Å². The molecular weight excluding hydrogens is 327 g/mol. The second kappa shape index (κ2) is 8.86. The minimum Gasteiger partial charge on any atom is -0.494 e. The van der Waals surface area contributed by atoms with Crippen molar-refractivity contribution in [3.05, 3.63) is 95.3 Å². The summed E-state index contributed by atoms with van der Waals surface area (Å²) in [5, 5.41) is 0. The minimum atomic E-state index is -0.366. The van der Waals surface area contributed by atoms with E-state index in [1.807, 2.05) is 79.7 Å². The van der Waals surface area contributed by atoms with Gasteiger partial charge in [-0.15, -0.1) is 0 Å². The summed E-state index contributed by atoms with van der Waals surface area (Å²) in [7, 11) is 0. The molecule has 0 radical (unpaired) electrons. The lowest BCUT2D eigenvalue weighted by Crippen LogP contribution is -1.97. The first kappa shape index (κ1) is 17.7. The lowest BCUT2D eigenvalue weighted by atomic mass is 10.1. The van der Waals surface area contributed by atoms with Crippen LogP contribution in [0.15, 0.2) is 72.8 Å². The monoisotopic (exact) mass is 348 g/mol. The fourth-order valence-corrected chi connectivity index (χ4v) is 2.51. The lowest BCUT2D eigenvalue weighted by Gasteiger charge is -2.08. The van der Waals surface area contributed by atoms with Crippen LogP contribution in [0.2, 0.25) is 0 Å². The van der Waals surface area contributed by atoms with Crippen molar-refractivity contribution in [3.8, 4) is 11.5 Å². The van der Waals surface area contributed by atoms with Crippen molar-refractivity contribution in [1.82, 2.24) is 0 Å². The van der Waals surface area contributed by atoms with Crippen LogP contribution >= 0.6 is 0 Å². The van der Waals surface area contributed by atoms with E-state index < -0.39 is 0 Å². The highest BCUT2D eigenvalue weighted by Crippen LogP contribution is 2.21. The predicted octanol–water partition coefficient (Wildman–Crippen LogP) is 5.97. The first-order valence-corrected chi connectivity index (χ1v) is 8.62. The van der Waals surface area contributed by atoms with Crippen LogP contribution < -0.4 is 9.47 Å². The van der Waals surface area contributed by atoms with E-state index >= 15 is 0 Å². The molecule has 0 amide bonds. The molecule has 0 bridgehead atoms. The third-order valence-corrected chi connectivity index (χ3v) is 3.85. The topological polar surface area (TPSA) is 18.5 Å². The highest BCUT2D eigenvalue weighted by Gasteiger charge is 2.04. The van der Waals surface area contributed by atoms with Crippen molar-refractivity contribution in [3.63, 3.8) is 0 Å². The highest BCUT2D eigenvalue weighted by atomic mass is 19.1. The largest absolute Gasteiger partial charge is 0.494 e. The summed E-state index contributed by atoms with van der Waals surface area (Å²) < 4.78 is 25.2. The molecule has 0 aromatic heterocycles. The third kappa shape index (κ3) is 4.96. The second-order valence-corrected chi connectivity index (χ2v) is 5.80. The van der Waals surface area contributed by atoms with Gasteiger partial charge >= 0.3 is 0 Å². The van der Waals surface area contributed by atoms with Crippen molar-refractivity contribution in [2.75, 3.05) is 6.61 Å². The van der Waals surface area contributed by atoms with Gasteiger partial charge in [-0.05, 0) is 47.9 Å². The van der Waals surface area contributed by atoms with Gasteiger partial charge in [0.05, 0.1) is 6.61 Å². The maximum Gasteiger partial charge on any atom is 0.165 e. The predicted molar refractivity (Wildman–Crippen MR) is 104 cm³/mol. The molecule has 0 atom stereocenters. The van der Waals surface area contributed by atoms with Crippen molar-refractivity contribution in [1.29, 1.82) is 0 Å². The average molecular weight is 348 g/mol. The smallest absolute Gasteiger partial charge is 0.165 e. The summed E-state index contributed by atoms with van der Waals surface area (Å²) in [6.07, 6.45) is 3.81. The molecule has 0 N–H and O–H groups in total. The van der Waals surface area contributed by atoms with Crippen molar-refractivity contribution < 1.29 is 13.9 Å². The van der Waals surface area contributed by atoms with Crippen LogP contribution in [0.5, 0.6) is 11.5 Å². The minimum absolute atomic E-state index is 0.257. The quantitative estimate of drug-likeness (QED) is 0.489. The Labute approximate surface area is 153 Å². The standard InChI is InChI=1S/C23H21FO2/c1-2-25-21-13-10-18(11-14-21)8-9-19-12-15-23(22(24)16-19)26-17-20-6-4-3-5-7-20/h3-16H,2,17H2,1H3/b9-8+. The molecule has 2 nitrogen and oxygen atoms in total. The first-order valence-electron chi connectivity index (χ1n) is 8.62. The summed E-state index contributed by atoms with van der Waals surface area (Å²) in [6.45, 7) is 2.95. The summed E-state index contributed by atoms with van der Waals surface area (Å²) in [4.78, 5) is 0. The number of hydrogen-bond donors (Lipinski definition) is 0. The fourth-order valence-electron chi connectivity index (χ4n) is 2.51. The molecule has 0 aliphatic heterocycles. The Morgan fingerprint density at radius 2 is 1.50 bits per heavy atom. The van der Waals surface area contributed by atoms with E-state index in [1.54, 1.807) is 6.07 Å². The van der Waals surface area contributed by atoms with Crippen LogP contribution in [0.25, 0.3) is 12.2 Å². The van der Waals surface area contributed by atoms with Gasteiger partial charge in [0, 0.05) is 0 Å². The van der Waals surface area contributed by atoms with Gasteiger partial charge in [-0.3, -0.25) is 0 Å². The van der Waals surface area contributed by atoms with Crippen LogP contribution in [-0.4, -0.2) is 6.61 Å². The summed E-state index contributed by atoms with van der Waals surface area (Å²) in [5.41, 5.74) is 2.81. The van der Waals surface area contributed by atoms with Gasteiger partial charge in [0.2, 0.25) is 0 Å². The van der Waals surface area contributed by atoms with Gasteiger partial charge in [0.1, 0.15) is 12.4 Å². The number of hydrogen-bond acceptors (Lipinski definition) is 2. The van der Waals surface area contributed by atoms with Crippen molar-refractivity contribution >= 4 is 12.2 Å². The van der Waals surface area contributed by atoms with Crippen LogP contribution in [-0.2, 0) is 6.61 Å². The molecule has 0 heterocycles. The Bertz CT molecular complexity index is 855. The maximum atomic E-state index is 14.2. The third-order valence-electron chi connectivity index (χ3n) is 3.85. The van der Waals surface area contributed by atoms with Gasteiger partial charge in [-0.1, -0.05) is 60.7 Å². The molecule has 0 fully saturated rings. The van der Waals surface area contributed by atoms with E-state index in [2.05, 4.69) is 0 Å². The van der Waals surface area contributed by atoms with Gasteiger partial charge in [0.15, 0.2) is 11.6 Å². The summed E-state index contributed by atoms with van der Waals surface area (Å²) in [5.74, 6) is 0.734. The molecule has 0 spiro atoms. The zero-order chi connectivity index (χ0) is 18.2. The van der Waals surface area contributed by atoms with Crippen molar-refractivity contribution in [2.24, 2.45) is 0 Å². The summed E-state index contributed by atoms with van der Waals surface area (Å²) in [6, 6.07) is 22.5. The maximum absolute atomic E-state index is 14.2. The molecular formula is C23H21FO2. The Kier molecular flexibility index (Phi) is 6.05. The Balaban J connectivity index is 1.63. The molecule has 3 heteroatoms. The van der Waals surface area contributed by atoms with Crippen LogP contribution in [0.4, 0.5) is 4.39 Å². The number of benzene rings is 3. The van der Waals surface area contributed by atoms with E-state index in [9.17, 15) is 4.39 Å². The van der Waals surface area contributed by atoms with Gasteiger partial charge in [0.25, 0.3) is 0 Å². The molecule has 0 saturated heterocycles. The van der Waals surface area contributed by atoms with Gasteiger partial charge in [-0.2, -0.15) is 0 Å². The number of rotatable bonds is 7. The van der Waals surface area contributed by atoms with Crippen LogP contribution in [0.3, 0.4) is 0 Å². The number of halogens is 1. The SMILES string of the molecule is CCOc1ccc(/C=C/c2ccc(OCc3ccccc3)c(F)c2)cc1. The Morgan fingerprint density at radius 1 is 0.808 bits per heavy atom. The number of ether oxygens (including phenoxy) is 2. The molecule has 0 saturated carbocycles. The summed E-state index contributed by atoms with van der Waals surface area (Å²) >= 11 is 0. The van der Waals surface area contributed by atoms with E-state index in [0.717, 1.165) is 22.4 Å². The van der Waals surface area contributed by atoms with E-state index in [1.165, 1.54) is 6.07 Å².